The summed E-state index contributed by atoms with van der Waals surface area (Å²) < 4.78 is 0.432. The zero-order valence-corrected chi connectivity index (χ0v) is 12.4. The first kappa shape index (κ1) is 11.9. The molecule has 0 heterocycles. The molecular formula is C5H12OSbZn. The molecule has 0 aliphatic rings. The van der Waals surface area contributed by atoms with E-state index < -0.39 is 0 Å². The van der Waals surface area contributed by atoms with E-state index in [-0.39, 0.29) is 24.4 Å². The molecule has 3 heteroatoms. The molecule has 0 atom stereocenters. The number of unbranched alkanes of at least 4 members (excludes halogenated alkanes) is 1. The Morgan fingerprint density at radius 3 is 2.25 bits per heavy atom. The molecular weight excluding hydrogens is 263 g/mol. The molecule has 0 bridgehead atoms. The third-order valence-electron chi connectivity index (χ3n) is 0.809. The van der Waals surface area contributed by atoms with Gasteiger partial charge in [-0.25, -0.2) is 0 Å². The van der Waals surface area contributed by atoms with Gasteiger partial charge in [-0.05, 0) is 0 Å². The fourth-order valence-corrected chi connectivity index (χ4v) is 0.898. The van der Waals surface area contributed by atoms with E-state index in [9.17, 15) is 4.79 Å². The van der Waals surface area contributed by atoms with E-state index in [4.69, 9.17) is 0 Å². The van der Waals surface area contributed by atoms with Crippen molar-refractivity contribution in [3.8, 4) is 0 Å². The van der Waals surface area contributed by atoms with Crippen LogP contribution in [0.2, 0.25) is 0 Å². The zero-order chi connectivity index (χ0) is 5.70. The van der Waals surface area contributed by atoms with Gasteiger partial charge in [-0.1, -0.05) is 0 Å². The van der Waals surface area contributed by atoms with Gasteiger partial charge in [-0.15, -0.1) is 0 Å². The van der Waals surface area contributed by atoms with E-state index >= 15 is 0 Å². The summed E-state index contributed by atoms with van der Waals surface area (Å²) in [6, 6.07) is 0. The molecule has 0 amide bonds. The molecule has 8 heavy (non-hydrogen) atoms. The molecule has 0 aromatic heterocycles. The molecule has 0 aliphatic carbocycles. The predicted molar refractivity (Wildman–Crippen MR) is 34.5 cm³/mol. The Balaban J connectivity index is 0. The second-order valence-corrected chi connectivity index (χ2v) is 3.30. The van der Waals surface area contributed by atoms with Crippen molar-refractivity contribution in [1.29, 1.82) is 0 Å². The van der Waals surface area contributed by atoms with Gasteiger partial charge in [0, 0.05) is 0 Å². The number of carbonyl (C=O) groups is 1. The van der Waals surface area contributed by atoms with E-state index in [1.807, 2.05) is 0 Å². The van der Waals surface area contributed by atoms with Gasteiger partial charge in [0.25, 0.3) is 0 Å². The summed E-state index contributed by atoms with van der Waals surface area (Å²) in [6.45, 7) is 2.10. The van der Waals surface area contributed by atoms with Crippen LogP contribution in [0.4, 0.5) is 0 Å². The average Bonchev–Trinajstić information content (AvgIpc) is 1.61. The standard InChI is InChI=1S/C5H9O.Sb.Zn.3H/c1-2-3-4-5-6;;;;;/h2-4H2,1H3;;;;;. The first-order valence-corrected chi connectivity index (χ1v) is 4.10. The van der Waals surface area contributed by atoms with E-state index in [1.54, 1.807) is 0 Å². The van der Waals surface area contributed by atoms with Crippen molar-refractivity contribution < 1.29 is 23.1 Å². The van der Waals surface area contributed by atoms with Crippen LogP contribution in [0, 0.1) is 0 Å². The Kier molecular flexibility index (Phi) is 12.0. The van der Waals surface area contributed by atoms with Gasteiger partial charge in [-0.3, -0.25) is 0 Å². The summed E-state index contributed by atoms with van der Waals surface area (Å²) in [5.74, 6) is 0. The van der Waals surface area contributed by atoms with E-state index in [1.165, 1.54) is 0 Å². The van der Waals surface area contributed by atoms with Gasteiger partial charge in [0.1, 0.15) is 0 Å². The summed E-state index contributed by atoms with van der Waals surface area (Å²) in [6.07, 6.45) is 3.04. The first-order chi connectivity index (χ1) is 3.27. The van der Waals surface area contributed by atoms with Crippen LogP contribution in [0.25, 0.3) is 0 Å². The van der Waals surface area contributed by atoms with Crippen LogP contribution in [0.15, 0.2) is 0 Å². The minimum absolute atomic E-state index is 0. The molecule has 0 aromatic carbocycles. The van der Waals surface area contributed by atoms with Crippen LogP contribution in [0.5, 0.6) is 0 Å². The Hall–Kier alpha value is 1.11. The quantitative estimate of drug-likeness (QED) is 0.666. The molecule has 0 fully saturated rings. The molecule has 0 aromatic rings. The number of hydrogen-bond donors (Lipinski definition) is 0. The second kappa shape index (κ2) is 8.11. The third-order valence-corrected chi connectivity index (χ3v) is 1.55. The average molecular weight is 275 g/mol. The number of hydrogen-bond acceptors (Lipinski definition) is 1. The van der Waals surface area contributed by atoms with Crippen molar-refractivity contribution >= 4 is 28.8 Å². The summed E-state index contributed by atoms with van der Waals surface area (Å²) in [4.78, 5) is 10.3. The Morgan fingerprint density at radius 2 is 2.12 bits per heavy atom. The van der Waals surface area contributed by atoms with Gasteiger partial charge in [0.2, 0.25) is 0 Å². The molecule has 0 saturated heterocycles. The third kappa shape index (κ3) is 10.2. The second-order valence-electron chi connectivity index (χ2n) is 1.64. The molecule has 0 radical (unpaired) electrons. The van der Waals surface area contributed by atoms with E-state index in [0.29, 0.717) is 4.38 Å². The predicted octanol–water partition coefficient (Wildman–Crippen LogP) is 0.0661. The van der Waals surface area contributed by atoms with Crippen molar-refractivity contribution in [2.75, 3.05) is 0 Å². The van der Waals surface area contributed by atoms with Crippen molar-refractivity contribution in [3.05, 3.63) is 0 Å². The van der Waals surface area contributed by atoms with Crippen LogP contribution in [0.1, 0.15) is 26.2 Å². The maximum atomic E-state index is 10.3. The number of carbonyl (C=O) groups excluding carboxylic acids is 1. The minimum atomic E-state index is 0. The normalized spacial score (nSPS) is 7.88. The van der Waals surface area contributed by atoms with Gasteiger partial charge in [0.15, 0.2) is 0 Å². The van der Waals surface area contributed by atoms with Crippen molar-refractivity contribution in [2.45, 2.75) is 26.2 Å². The maximum absolute atomic E-state index is 10.3. The Morgan fingerprint density at radius 1 is 1.62 bits per heavy atom. The molecule has 0 rings (SSSR count). The van der Waals surface area contributed by atoms with E-state index in [2.05, 4.69) is 6.92 Å². The molecule has 0 saturated carbocycles. The van der Waals surface area contributed by atoms with Gasteiger partial charge in [0.05, 0.1) is 0 Å². The van der Waals surface area contributed by atoms with Crippen molar-refractivity contribution in [2.24, 2.45) is 0 Å². The summed E-state index contributed by atoms with van der Waals surface area (Å²) in [7, 11) is 0. The molecule has 0 spiro atoms. The van der Waals surface area contributed by atoms with Crippen LogP contribution in [-0.2, 0) is 23.1 Å². The fraction of sp³-hybridized carbons (Fsp3) is 0.800. The van der Waals surface area contributed by atoms with Crippen molar-refractivity contribution in [3.63, 3.8) is 0 Å². The Labute approximate surface area is 77.7 Å². The van der Waals surface area contributed by atoms with Crippen LogP contribution < -0.4 is 0 Å². The van der Waals surface area contributed by atoms with Crippen LogP contribution in [-0.4, -0.2) is 28.8 Å². The molecule has 0 N–H and O–H groups in total. The summed E-state index contributed by atoms with van der Waals surface area (Å²) in [5, 5.41) is 0. The van der Waals surface area contributed by atoms with Crippen LogP contribution in [0.3, 0.4) is 0 Å². The van der Waals surface area contributed by atoms with E-state index in [0.717, 1.165) is 37.6 Å². The SMILES string of the molecule is CCCC[C](=O)[Zn].[SbH3]. The zero-order valence-electron chi connectivity index (χ0n) is 5.44. The van der Waals surface area contributed by atoms with Gasteiger partial charge in [-0.2, -0.15) is 0 Å². The summed E-state index contributed by atoms with van der Waals surface area (Å²) in [5.41, 5.74) is 0. The van der Waals surface area contributed by atoms with Crippen LogP contribution >= 0.6 is 0 Å². The molecule has 45 valence electrons. The van der Waals surface area contributed by atoms with Gasteiger partial charge < -0.3 is 0 Å². The summed E-state index contributed by atoms with van der Waals surface area (Å²) >= 11 is 0.833. The molecule has 0 aliphatic heterocycles. The monoisotopic (exact) mass is 273 g/mol. The Bertz CT molecular complexity index is 65.4. The fourth-order valence-electron chi connectivity index (χ4n) is 0.374. The topological polar surface area (TPSA) is 17.1 Å². The molecule has 0 unspecified atom stereocenters. The number of rotatable bonds is 3. The van der Waals surface area contributed by atoms with Gasteiger partial charge >= 0.3 is 78.1 Å². The first-order valence-electron chi connectivity index (χ1n) is 2.62. The molecule has 1 nitrogen and oxygen atoms in total. The van der Waals surface area contributed by atoms with Crippen molar-refractivity contribution in [1.82, 2.24) is 0 Å².